The van der Waals surface area contributed by atoms with Gasteiger partial charge >= 0.3 is 0 Å². The van der Waals surface area contributed by atoms with Crippen LogP contribution in [0.15, 0.2) is 51.4 Å². The summed E-state index contributed by atoms with van der Waals surface area (Å²) in [5.74, 6) is 0.857. The van der Waals surface area contributed by atoms with E-state index in [-0.39, 0.29) is 0 Å². The van der Waals surface area contributed by atoms with E-state index in [1.165, 1.54) is 5.56 Å². The third kappa shape index (κ3) is 4.25. The molecule has 106 valence electrons. The Morgan fingerprint density at radius 1 is 1.05 bits per heavy atom. The van der Waals surface area contributed by atoms with E-state index >= 15 is 0 Å². The highest BCUT2D eigenvalue weighted by molar-refractivity contribution is 9.10. The van der Waals surface area contributed by atoms with Crippen molar-refractivity contribution in [2.24, 2.45) is 0 Å². The van der Waals surface area contributed by atoms with Crippen LogP contribution in [0.5, 0.6) is 5.75 Å². The second-order valence-corrected chi connectivity index (χ2v) is 6.55. The van der Waals surface area contributed by atoms with Gasteiger partial charge in [-0.25, -0.2) is 0 Å². The Bertz CT molecular complexity index is 569. The monoisotopic (exact) mass is 397 g/mol. The topological polar surface area (TPSA) is 21.3 Å². The zero-order valence-electron chi connectivity index (χ0n) is 11.5. The van der Waals surface area contributed by atoms with Gasteiger partial charge < -0.3 is 10.1 Å². The van der Waals surface area contributed by atoms with E-state index in [1.807, 2.05) is 18.2 Å². The molecule has 0 bridgehead atoms. The molecular formula is C16H17Br2NO. The summed E-state index contributed by atoms with van der Waals surface area (Å²) >= 11 is 6.94. The Labute approximate surface area is 136 Å². The molecule has 1 N–H and O–H groups in total. The Hall–Kier alpha value is -1.00. The molecule has 0 spiro atoms. The number of hydrogen-bond donors (Lipinski definition) is 1. The maximum atomic E-state index is 5.38. The van der Waals surface area contributed by atoms with Gasteiger partial charge in [0.05, 0.1) is 12.8 Å². The van der Waals surface area contributed by atoms with Crippen LogP contribution in [0, 0.1) is 0 Å². The molecule has 0 aromatic heterocycles. The van der Waals surface area contributed by atoms with Crippen LogP contribution >= 0.6 is 31.9 Å². The zero-order valence-corrected chi connectivity index (χ0v) is 14.7. The predicted octanol–water partition coefficient (Wildman–Crippen LogP) is 5.26. The molecule has 0 radical (unpaired) electrons. The number of halogens is 2. The molecule has 0 aliphatic carbocycles. The smallest absolute Gasteiger partial charge is 0.142 e. The van der Waals surface area contributed by atoms with Gasteiger partial charge in [0.2, 0.25) is 0 Å². The fraction of sp³-hybridized carbons (Fsp3) is 0.250. The number of ether oxygens (including phenoxy) is 1. The van der Waals surface area contributed by atoms with E-state index in [4.69, 9.17) is 4.74 Å². The van der Waals surface area contributed by atoms with E-state index in [1.54, 1.807) is 7.11 Å². The highest BCUT2D eigenvalue weighted by Crippen LogP contribution is 2.28. The van der Waals surface area contributed by atoms with Crippen LogP contribution in [0.25, 0.3) is 0 Å². The third-order valence-electron chi connectivity index (χ3n) is 3.02. The van der Waals surface area contributed by atoms with Gasteiger partial charge in [0, 0.05) is 15.0 Å². The lowest BCUT2D eigenvalue weighted by Gasteiger charge is -2.18. The van der Waals surface area contributed by atoms with Crippen molar-refractivity contribution in [3.05, 3.63) is 57.0 Å². The molecule has 2 rings (SSSR count). The minimum Gasteiger partial charge on any atom is -0.495 e. The fourth-order valence-electron chi connectivity index (χ4n) is 2.08. The normalized spacial score (nSPS) is 12.0. The van der Waals surface area contributed by atoms with E-state index in [2.05, 4.69) is 68.4 Å². The molecule has 0 aliphatic rings. The summed E-state index contributed by atoms with van der Waals surface area (Å²) in [6.45, 7) is 2.17. The SMILES string of the molecule is COc1ccc(Br)cc1NC(C)Cc1ccc(Br)cc1. The first-order valence-electron chi connectivity index (χ1n) is 6.43. The number of hydrogen-bond acceptors (Lipinski definition) is 2. The molecule has 4 heteroatoms. The molecule has 2 nitrogen and oxygen atoms in total. The molecule has 0 amide bonds. The molecule has 2 aromatic carbocycles. The minimum atomic E-state index is 0.319. The van der Waals surface area contributed by atoms with E-state index < -0.39 is 0 Å². The lowest BCUT2D eigenvalue weighted by Crippen LogP contribution is -2.18. The van der Waals surface area contributed by atoms with Crippen LogP contribution in [0.1, 0.15) is 12.5 Å². The number of methoxy groups -OCH3 is 1. The molecule has 2 aromatic rings. The number of rotatable bonds is 5. The summed E-state index contributed by atoms with van der Waals surface area (Å²) in [4.78, 5) is 0. The Kier molecular flexibility index (Phi) is 5.49. The van der Waals surface area contributed by atoms with Crippen molar-refractivity contribution in [2.75, 3.05) is 12.4 Å². The molecule has 0 saturated heterocycles. The molecule has 20 heavy (non-hydrogen) atoms. The Morgan fingerprint density at radius 3 is 2.35 bits per heavy atom. The zero-order chi connectivity index (χ0) is 14.5. The summed E-state index contributed by atoms with van der Waals surface area (Å²) in [6, 6.07) is 14.7. The second kappa shape index (κ2) is 7.14. The first-order valence-corrected chi connectivity index (χ1v) is 8.01. The molecule has 0 aliphatic heterocycles. The van der Waals surface area contributed by atoms with Crippen molar-refractivity contribution in [1.29, 1.82) is 0 Å². The number of anilines is 1. The summed E-state index contributed by atoms with van der Waals surface area (Å²) in [5.41, 5.74) is 2.31. The molecule has 0 fully saturated rings. The highest BCUT2D eigenvalue weighted by atomic mass is 79.9. The molecule has 0 heterocycles. The van der Waals surface area contributed by atoms with Crippen LogP contribution in [-0.4, -0.2) is 13.2 Å². The Morgan fingerprint density at radius 2 is 1.70 bits per heavy atom. The predicted molar refractivity (Wildman–Crippen MR) is 91.6 cm³/mol. The minimum absolute atomic E-state index is 0.319. The van der Waals surface area contributed by atoms with Gasteiger partial charge in [0.25, 0.3) is 0 Å². The first-order chi connectivity index (χ1) is 9.58. The first kappa shape index (κ1) is 15.4. The molecular weight excluding hydrogens is 382 g/mol. The highest BCUT2D eigenvalue weighted by Gasteiger charge is 2.08. The van der Waals surface area contributed by atoms with Gasteiger partial charge in [0.1, 0.15) is 5.75 Å². The van der Waals surface area contributed by atoms with Gasteiger partial charge in [0.15, 0.2) is 0 Å². The third-order valence-corrected chi connectivity index (χ3v) is 4.04. The van der Waals surface area contributed by atoms with E-state index in [0.717, 1.165) is 26.8 Å². The fourth-order valence-corrected chi connectivity index (χ4v) is 2.71. The van der Waals surface area contributed by atoms with Crippen molar-refractivity contribution in [3.8, 4) is 5.75 Å². The maximum Gasteiger partial charge on any atom is 0.142 e. The maximum absolute atomic E-state index is 5.38. The average Bonchev–Trinajstić information content (AvgIpc) is 2.41. The van der Waals surface area contributed by atoms with Crippen molar-refractivity contribution in [3.63, 3.8) is 0 Å². The summed E-state index contributed by atoms with van der Waals surface area (Å²) in [7, 11) is 1.69. The van der Waals surface area contributed by atoms with Gasteiger partial charge in [-0.3, -0.25) is 0 Å². The van der Waals surface area contributed by atoms with Crippen molar-refractivity contribution < 1.29 is 4.74 Å². The van der Waals surface area contributed by atoms with E-state index in [9.17, 15) is 0 Å². The van der Waals surface area contributed by atoms with Gasteiger partial charge in [-0.15, -0.1) is 0 Å². The van der Waals surface area contributed by atoms with E-state index in [0.29, 0.717) is 6.04 Å². The molecule has 0 saturated carbocycles. The summed E-state index contributed by atoms with van der Waals surface area (Å²) in [6.07, 6.45) is 0.961. The molecule has 1 atom stereocenters. The van der Waals surface area contributed by atoms with Gasteiger partial charge in [-0.1, -0.05) is 44.0 Å². The number of nitrogens with one attached hydrogen (secondary N) is 1. The number of benzene rings is 2. The standard InChI is InChI=1S/C16H17Br2NO/c1-11(9-12-3-5-13(17)6-4-12)19-15-10-14(18)7-8-16(15)20-2/h3-8,10-11,19H,9H2,1-2H3. The van der Waals surface area contributed by atoms with Crippen molar-refractivity contribution in [1.82, 2.24) is 0 Å². The lowest BCUT2D eigenvalue weighted by molar-refractivity contribution is 0.416. The van der Waals surface area contributed by atoms with Crippen LogP contribution < -0.4 is 10.1 Å². The average molecular weight is 399 g/mol. The largest absolute Gasteiger partial charge is 0.495 e. The van der Waals surface area contributed by atoms with Gasteiger partial charge in [-0.05, 0) is 49.2 Å². The summed E-state index contributed by atoms with van der Waals surface area (Å²) in [5, 5.41) is 3.50. The quantitative estimate of drug-likeness (QED) is 0.741. The van der Waals surface area contributed by atoms with Crippen LogP contribution in [0.3, 0.4) is 0 Å². The van der Waals surface area contributed by atoms with Crippen molar-refractivity contribution in [2.45, 2.75) is 19.4 Å². The van der Waals surface area contributed by atoms with Gasteiger partial charge in [-0.2, -0.15) is 0 Å². The van der Waals surface area contributed by atoms with Crippen molar-refractivity contribution >= 4 is 37.5 Å². The van der Waals surface area contributed by atoms with Crippen LogP contribution in [0.4, 0.5) is 5.69 Å². The van der Waals surface area contributed by atoms with Crippen LogP contribution in [0.2, 0.25) is 0 Å². The lowest BCUT2D eigenvalue weighted by atomic mass is 10.1. The molecule has 1 unspecified atom stereocenters. The van der Waals surface area contributed by atoms with Crippen LogP contribution in [-0.2, 0) is 6.42 Å². The second-order valence-electron chi connectivity index (χ2n) is 4.72. The Balaban J connectivity index is 2.05. The summed E-state index contributed by atoms with van der Waals surface area (Å²) < 4.78 is 7.52.